The molecule has 25 nitrogen and oxygen atoms in total. The summed E-state index contributed by atoms with van der Waals surface area (Å²) >= 11 is 4.17. The van der Waals surface area contributed by atoms with Crippen LogP contribution in [-0.2, 0) is 64.0 Å². The second kappa shape index (κ2) is 29.9. The van der Waals surface area contributed by atoms with Crippen LogP contribution in [0.5, 0.6) is 0 Å². The van der Waals surface area contributed by atoms with E-state index in [4.69, 9.17) is 5.73 Å². The first-order valence-electron chi connectivity index (χ1n) is 25.0. The molecule has 2 saturated heterocycles. The number of carbonyl (C=O) groups is 12. The van der Waals surface area contributed by atoms with Crippen molar-refractivity contribution in [2.45, 2.75) is 166 Å². The van der Waals surface area contributed by atoms with Crippen LogP contribution in [0.3, 0.4) is 0 Å². The fourth-order valence-electron chi connectivity index (χ4n) is 8.65. The molecule has 3 rings (SSSR count). The lowest BCUT2D eigenvalue weighted by molar-refractivity contribution is -0.150. The number of rotatable bonds is 29. The van der Waals surface area contributed by atoms with E-state index < -0.39 is 144 Å². The molecule has 2 aliphatic heterocycles. The van der Waals surface area contributed by atoms with Gasteiger partial charge in [0.1, 0.15) is 54.4 Å². The van der Waals surface area contributed by atoms with E-state index in [1.54, 1.807) is 26.0 Å². The van der Waals surface area contributed by atoms with Crippen LogP contribution in [0.25, 0.3) is 0 Å². The number of nitrogens with one attached hydrogen (secondary N) is 7. The summed E-state index contributed by atoms with van der Waals surface area (Å²) in [6, 6.07) is -3.97. The van der Waals surface area contributed by atoms with Crippen molar-refractivity contribution < 1.29 is 72.9 Å². The molecule has 26 heteroatoms. The third-order valence-corrected chi connectivity index (χ3v) is 12.9. The van der Waals surface area contributed by atoms with E-state index in [0.29, 0.717) is 12.8 Å². The molecule has 75 heavy (non-hydrogen) atoms. The van der Waals surface area contributed by atoms with E-state index in [-0.39, 0.29) is 69.2 Å². The summed E-state index contributed by atoms with van der Waals surface area (Å²) in [6.45, 7) is 9.90. The Morgan fingerprint density at radius 3 is 1.57 bits per heavy atom. The Balaban J connectivity index is 1.65. The molecule has 2 fully saturated rings. The van der Waals surface area contributed by atoms with Crippen molar-refractivity contribution in [2.75, 3.05) is 18.8 Å². The standard InChI is InChI=1S/C49H74N10O15S/c1-25(2)20-32(54-41(65)30(50)22-29-12-8-7-9-13-29)43(67)55-33(21-26(3)4)44(68)56-34(23-39(62)63)42(66)51-27(5)40(64)52-28(6)47(71)58-18-10-14-36(58)46(70)57-35(24-75)45(69)53-31(16-17-38(60)61)48(72)59-19-11-15-37(59)49(73)74/h7-9,12-13,25-28,30-37,75H,10-11,14-24,50H2,1-6H3,(H,51,66)(H,52,64)(H,53,69)(H,54,65)(H,55,67)(H,56,68)(H,57,70)(H,60,61)(H,62,63)(H,73,74)/t27-,28-,30-,31-,32-,33-,34-,35-,36-,37-/m0/s1. The average molecular weight is 1080 g/mol. The topological polar surface area (TPSA) is 382 Å². The first-order chi connectivity index (χ1) is 35.2. The average Bonchev–Trinajstić information content (AvgIpc) is 4.05. The minimum absolute atomic E-state index is 0.0415. The van der Waals surface area contributed by atoms with Gasteiger partial charge in [-0.2, -0.15) is 12.6 Å². The Labute approximate surface area is 440 Å². The molecule has 10 atom stereocenters. The quantitative estimate of drug-likeness (QED) is 0.0403. The van der Waals surface area contributed by atoms with Crippen molar-refractivity contribution in [3.8, 4) is 0 Å². The van der Waals surface area contributed by atoms with Gasteiger partial charge in [-0.25, -0.2) is 4.79 Å². The number of carboxylic acid groups (broad SMARTS) is 3. The molecule has 9 amide bonds. The number of aliphatic carboxylic acids is 3. The minimum atomic E-state index is -1.75. The third-order valence-electron chi connectivity index (χ3n) is 12.5. The molecule has 2 aliphatic rings. The third kappa shape index (κ3) is 19.8. The fraction of sp³-hybridized carbons (Fsp3) is 0.633. The van der Waals surface area contributed by atoms with Gasteiger partial charge in [0.15, 0.2) is 0 Å². The monoisotopic (exact) mass is 1070 g/mol. The molecule has 1 aromatic rings. The van der Waals surface area contributed by atoms with E-state index >= 15 is 0 Å². The Hall–Kier alpha value is -6.83. The first kappa shape index (κ1) is 62.5. The van der Waals surface area contributed by atoms with Crippen molar-refractivity contribution in [2.24, 2.45) is 17.6 Å². The van der Waals surface area contributed by atoms with Gasteiger partial charge in [-0.05, 0) is 82.6 Å². The van der Waals surface area contributed by atoms with Gasteiger partial charge in [0, 0.05) is 25.3 Å². The zero-order valence-electron chi connectivity index (χ0n) is 43.2. The molecule has 12 N–H and O–H groups in total. The molecule has 2 heterocycles. The maximum absolute atomic E-state index is 13.8. The smallest absolute Gasteiger partial charge is 0.326 e. The zero-order valence-corrected chi connectivity index (χ0v) is 44.1. The number of hydrogen-bond acceptors (Lipinski definition) is 14. The number of hydrogen-bond donors (Lipinski definition) is 12. The molecule has 0 aromatic heterocycles. The predicted molar refractivity (Wildman–Crippen MR) is 272 cm³/mol. The van der Waals surface area contributed by atoms with Crippen molar-refractivity contribution in [3.05, 3.63) is 35.9 Å². The highest BCUT2D eigenvalue weighted by Crippen LogP contribution is 2.21. The summed E-state index contributed by atoms with van der Waals surface area (Å²) in [4.78, 5) is 159. The van der Waals surface area contributed by atoms with E-state index in [9.17, 15) is 72.9 Å². The van der Waals surface area contributed by atoms with Gasteiger partial charge in [0.2, 0.25) is 53.2 Å². The minimum Gasteiger partial charge on any atom is -0.481 e. The van der Waals surface area contributed by atoms with Gasteiger partial charge in [-0.1, -0.05) is 58.0 Å². The van der Waals surface area contributed by atoms with Gasteiger partial charge in [-0.3, -0.25) is 52.7 Å². The van der Waals surface area contributed by atoms with Gasteiger partial charge in [0.25, 0.3) is 0 Å². The lowest BCUT2D eigenvalue weighted by Crippen LogP contribution is -2.60. The molecular weight excluding hydrogens is 1000 g/mol. The summed E-state index contributed by atoms with van der Waals surface area (Å²) in [5.74, 6) is -12.0. The summed E-state index contributed by atoms with van der Waals surface area (Å²) < 4.78 is 0. The number of nitrogens with zero attached hydrogens (tertiary/aromatic N) is 2. The van der Waals surface area contributed by atoms with Gasteiger partial charge in [0.05, 0.1) is 12.5 Å². The van der Waals surface area contributed by atoms with Crippen molar-refractivity contribution in [1.29, 1.82) is 0 Å². The maximum atomic E-state index is 13.8. The van der Waals surface area contributed by atoms with Crippen molar-refractivity contribution in [1.82, 2.24) is 47.0 Å². The molecule has 0 radical (unpaired) electrons. The van der Waals surface area contributed by atoms with Crippen molar-refractivity contribution in [3.63, 3.8) is 0 Å². The lowest BCUT2D eigenvalue weighted by Gasteiger charge is -2.30. The van der Waals surface area contributed by atoms with E-state index in [2.05, 4.69) is 49.8 Å². The maximum Gasteiger partial charge on any atom is 0.326 e. The molecule has 0 spiro atoms. The van der Waals surface area contributed by atoms with Gasteiger partial charge in [-0.15, -0.1) is 0 Å². The van der Waals surface area contributed by atoms with Crippen LogP contribution < -0.4 is 43.0 Å². The SMILES string of the molecule is CC(C)C[C@H](NC(=O)[C@H](CC(C)C)NC(=O)[C@@H](N)Cc1ccccc1)C(=O)N[C@@H](CC(=O)O)C(=O)N[C@@H](C)C(=O)N[C@@H](C)C(=O)N1CCC[C@H]1C(=O)N[C@@H](CS)C(=O)N[C@@H](CCC(=O)O)C(=O)N1CCC[C@H]1C(=O)O. The number of carbonyl (C=O) groups excluding carboxylic acids is 9. The molecule has 0 bridgehead atoms. The fourth-order valence-corrected chi connectivity index (χ4v) is 8.91. The molecular formula is C49H74N10O15S. The number of nitrogens with two attached hydrogens (primary N) is 1. The molecule has 0 aliphatic carbocycles. The van der Waals surface area contributed by atoms with E-state index in [0.717, 1.165) is 10.5 Å². The van der Waals surface area contributed by atoms with Crippen LogP contribution in [0.1, 0.15) is 105 Å². The van der Waals surface area contributed by atoms with Crippen LogP contribution in [-0.4, -0.2) is 175 Å². The van der Waals surface area contributed by atoms with Crippen LogP contribution in [0.2, 0.25) is 0 Å². The Bertz CT molecular complexity index is 2240. The number of carboxylic acids is 3. The Morgan fingerprint density at radius 1 is 0.573 bits per heavy atom. The first-order valence-corrected chi connectivity index (χ1v) is 25.7. The lowest BCUT2D eigenvalue weighted by atomic mass is 9.99. The highest BCUT2D eigenvalue weighted by molar-refractivity contribution is 7.80. The summed E-state index contributed by atoms with van der Waals surface area (Å²) in [7, 11) is 0. The highest BCUT2D eigenvalue weighted by atomic mass is 32.1. The number of amides is 9. The second-order valence-electron chi connectivity index (χ2n) is 19.8. The largest absolute Gasteiger partial charge is 0.481 e. The molecule has 0 unspecified atom stereocenters. The van der Waals surface area contributed by atoms with Crippen molar-refractivity contribution >= 4 is 83.7 Å². The summed E-state index contributed by atoms with van der Waals surface area (Å²) in [5, 5.41) is 46.0. The second-order valence-corrected chi connectivity index (χ2v) is 20.1. The van der Waals surface area contributed by atoms with E-state index in [1.807, 2.05) is 32.0 Å². The van der Waals surface area contributed by atoms with Crippen LogP contribution in [0.15, 0.2) is 30.3 Å². The van der Waals surface area contributed by atoms with Crippen LogP contribution in [0, 0.1) is 11.8 Å². The van der Waals surface area contributed by atoms with Gasteiger partial charge >= 0.3 is 17.9 Å². The van der Waals surface area contributed by atoms with E-state index in [1.165, 1.54) is 18.7 Å². The zero-order chi connectivity index (χ0) is 56.3. The molecule has 1 aromatic carbocycles. The molecule has 0 saturated carbocycles. The number of benzene rings is 1. The summed E-state index contributed by atoms with van der Waals surface area (Å²) in [5.41, 5.74) is 6.99. The van der Waals surface area contributed by atoms with Gasteiger partial charge < -0.3 is 68.1 Å². The van der Waals surface area contributed by atoms with Crippen LogP contribution >= 0.6 is 12.6 Å². The molecule has 416 valence electrons. The normalized spacial score (nSPS) is 18.5. The number of thiol groups is 1. The number of likely N-dealkylation sites (tertiary alicyclic amines) is 2. The highest BCUT2D eigenvalue weighted by Gasteiger charge is 2.41. The predicted octanol–water partition coefficient (Wildman–Crippen LogP) is -1.58. The Kier molecular flexibility index (Phi) is 24.9. The van der Waals surface area contributed by atoms with Crippen LogP contribution in [0.4, 0.5) is 0 Å². The Morgan fingerprint density at radius 2 is 1.05 bits per heavy atom. The summed E-state index contributed by atoms with van der Waals surface area (Å²) in [6.07, 6.45) is -0.386.